The quantitative estimate of drug-likeness (QED) is 0.0195. The van der Waals surface area contributed by atoms with Gasteiger partial charge in [0.1, 0.15) is 19.8 Å². The Kier molecular flexibility index (Phi) is 47.4. The molecule has 2 atom stereocenters. The first-order valence-corrected chi connectivity index (χ1v) is 29.5. The van der Waals surface area contributed by atoms with E-state index in [0.29, 0.717) is 17.4 Å². The maximum Gasteiger partial charge on any atom is 0.306 e. The second kappa shape index (κ2) is 48.5. The van der Waals surface area contributed by atoms with Crippen molar-refractivity contribution < 1.29 is 42.1 Å². The molecule has 2 unspecified atom stereocenters. The highest BCUT2D eigenvalue weighted by atomic mass is 31.2. The van der Waals surface area contributed by atoms with Crippen molar-refractivity contribution in [3.05, 3.63) is 24.3 Å². The van der Waals surface area contributed by atoms with Gasteiger partial charge in [-0.15, -0.1) is 0 Å². The topological polar surface area (TPSA) is 111 Å². The van der Waals surface area contributed by atoms with Gasteiger partial charge < -0.3 is 27.9 Å². The average Bonchev–Trinajstić information content (AvgIpc) is 3.27. The highest BCUT2D eigenvalue weighted by molar-refractivity contribution is 7.45. The van der Waals surface area contributed by atoms with E-state index in [9.17, 15) is 19.0 Å². The molecule has 10 heteroatoms. The number of quaternary nitrogens is 1. The van der Waals surface area contributed by atoms with Crippen LogP contribution in [0.4, 0.5) is 0 Å². The summed E-state index contributed by atoms with van der Waals surface area (Å²) in [7, 11) is 1.17. The van der Waals surface area contributed by atoms with Crippen LogP contribution in [0.3, 0.4) is 0 Å². The Labute approximate surface area is 409 Å². The summed E-state index contributed by atoms with van der Waals surface area (Å²) in [6.07, 6.45) is 56.8. The molecule has 0 fully saturated rings. The number of carbonyl (C=O) groups is 2. The smallest absolute Gasteiger partial charge is 0.306 e. The van der Waals surface area contributed by atoms with Crippen molar-refractivity contribution in [3.63, 3.8) is 0 Å². The summed E-state index contributed by atoms with van der Waals surface area (Å²) in [5.41, 5.74) is 0. The number of hydrogen-bond acceptors (Lipinski definition) is 8. The second-order valence-corrected chi connectivity index (χ2v) is 21.7. The first kappa shape index (κ1) is 64.5. The second-order valence-electron chi connectivity index (χ2n) is 20.3. The molecule has 0 rings (SSSR count). The molecule has 390 valence electrons. The molecule has 0 heterocycles. The van der Waals surface area contributed by atoms with Gasteiger partial charge in [0, 0.05) is 12.8 Å². The van der Waals surface area contributed by atoms with E-state index in [4.69, 9.17) is 18.5 Å². The summed E-state index contributed by atoms with van der Waals surface area (Å²) >= 11 is 0. The number of phosphoric acid groups is 1. The van der Waals surface area contributed by atoms with Gasteiger partial charge in [0.15, 0.2) is 6.10 Å². The van der Waals surface area contributed by atoms with Gasteiger partial charge in [-0.05, 0) is 57.8 Å². The van der Waals surface area contributed by atoms with Crippen molar-refractivity contribution in [2.45, 2.75) is 277 Å². The van der Waals surface area contributed by atoms with Gasteiger partial charge in [-0.1, -0.05) is 224 Å². The third kappa shape index (κ3) is 51.9. The van der Waals surface area contributed by atoms with E-state index in [0.717, 1.165) is 57.8 Å². The van der Waals surface area contributed by atoms with Crippen LogP contribution in [0.5, 0.6) is 0 Å². The summed E-state index contributed by atoms with van der Waals surface area (Å²) in [5, 5.41) is 0. The van der Waals surface area contributed by atoms with Gasteiger partial charge in [-0.25, -0.2) is 0 Å². The van der Waals surface area contributed by atoms with Crippen LogP contribution in [0.1, 0.15) is 271 Å². The molecule has 0 amide bonds. The monoisotopic (exact) mass is 954 g/mol. The first-order chi connectivity index (χ1) is 32.0. The SMILES string of the molecule is CCCC/C=C\CCCCCCCC(=O)OCC(COP(=O)([O-])OCC[N+](C)(C)C)OC(=O)CCCCCCCCCCCCCCCCCCCCC/C=C\CCCCCCCCCC. The van der Waals surface area contributed by atoms with E-state index in [1.807, 2.05) is 21.1 Å². The van der Waals surface area contributed by atoms with E-state index in [2.05, 4.69) is 38.2 Å². The molecule has 0 saturated heterocycles. The van der Waals surface area contributed by atoms with E-state index in [-0.39, 0.29) is 32.0 Å². The lowest BCUT2D eigenvalue weighted by atomic mass is 10.0. The molecule has 0 N–H and O–H groups in total. The fourth-order valence-corrected chi connectivity index (χ4v) is 8.77. The van der Waals surface area contributed by atoms with E-state index >= 15 is 0 Å². The summed E-state index contributed by atoms with van der Waals surface area (Å²) < 4.78 is 34.0. The van der Waals surface area contributed by atoms with Gasteiger partial charge in [-0.3, -0.25) is 14.2 Å². The van der Waals surface area contributed by atoms with E-state index in [1.54, 1.807) is 0 Å². The highest BCUT2D eigenvalue weighted by Crippen LogP contribution is 2.38. The number of esters is 2. The zero-order chi connectivity index (χ0) is 48.5. The molecule has 66 heavy (non-hydrogen) atoms. The standard InChI is InChI=1S/C56H108NO8P/c1-6-8-10-12-14-16-18-19-20-21-22-23-24-25-26-27-28-29-30-31-32-33-34-35-36-37-39-41-43-45-47-49-56(59)65-54(53-64-66(60,61)63-51-50-57(3,4)5)52-62-55(58)48-46-44-42-40-38-17-15-13-11-9-7-2/h13,15,21-22,54H,6-12,14,16-20,23-53H2,1-5H3/b15-13-,22-21-. The molecule has 0 spiro atoms. The van der Waals surface area contributed by atoms with Gasteiger partial charge in [0.2, 0.25) is 0 Å². The Hall–Kier alpha value is -1.51. The third-order valence-corrected chi connectivity index (χ3v) is 13.4. The molecule has 0 bridgehead atoms. The van der Waals surface area contributed by atoms with Gasteiger partial charge in [0.25, 0.3) is 7.82 Å². The maximum atomic E-state index is 12.7. The number of nitrogens with zero attached hydrogens (tertiary/aromatic N) is 1. The van der Waals surface area contributed by atoms with Crippen molar-refractivity contribution in [2.24, 2.45) is 0 Å². The van der Waals surface area contributed by atoms with Crippen LogP contribution in [0, 0.1) is 0 Å². The predicted molar refractivity (Wildman–Crippen MR) is 278 cm³/mol. The van der Waals surface area contributed by atoms with Crippen LogP contribution < -0.4 is 4.89 Å². The number of likely N-dealkylation sites (N-methyl/N-ethyl adjacent to an activating group) is 1. The number of rotatable bonds is 52. The first-order valence-electron chi connectivity index (χ1n) is 28.0. The largest absolute Gasteiger partial charge is 0.756 e. The molecule has 0 aromatic carbocycles. The fourth-order valence-electron chi connectivity index (χ4n) is 8.05. The molecule has 0 saturated carbocycles. The molecule has 0 radical (unpaired) electrons. The summed E-state index contributed by atoms with van der Waals surface area (Å²) in [6.45, 7) is 4.21. The van der Waals surface area contributed by atoms with Crippen molar-refractivity contribution in [1.82, 2.24) is 0 Å². The number of allylic oxidation sites excluding steroid dienone is 4. The Morgan fingerprint density at radius 1 is 0.455 bits per heavy atom. The van der Waals surface area contributed by atoms with Crippen LogP contribution >= 0.6 is 7.82 Å². The van der Waals surface area contributed by atoms with Crippen LogP contribution in [-0.2, 0) is 32.7 Å². The van der Waals surface area contributed by atoms with Gasteiger partial charge in [-0.2, -0.15) is 0 Å². The zero-order valence-electron chi connectivity index (χ0n) is 44.2. The number of ether oxygens (including phenoxy) is 2. The van der Waals surface area contributed by atoms with Gasteiger partial charge >= 0.3 is 11.9 Å². The average molecular weight is 954 g/mol. The number of carbonyl (C=O) groups excluding carboxylic acids is 2. The van der Waals surface area contributed by atoms with Crippen LogP contribution in [0.15, 0.2) is 24.3 Å². The molecular weight excluding hydrogens is 846 g/mol. The third-order valence-electron chi connectivity index (χ3n) is 12.4. The lowest BCUT2D eigenvalue weighted by Crippen LogP contribution is -2.37. The molecule has 0 aliphatic heterocycles. The maximum absolute atomic E-state index is 12.7. The number of unbranched alkanes of at least 4 members (excludes halogenated alkanes) is 34. The molecule has 0 aliphatic rings. The molecule has 0 aromatic rings. The minimum absolute atomic E-state index is 0.0298. The van der Waals surface area contributed by atoms with Crippen molar-refractivity contribution in [2.75, 3.05) is 47.5 Å². The lowest BCUT2D eigenvalue weighted by molar-refractivity contribution is -0.870. The summed E-state index contributed by atoms with van der Waals surface area (Å²) in [5.74, 6) is -0.834. The van der Waals surface area contributed by atoms with Crippen molar-refractivity contribution in [1.29, 1.82) is 0 Å². The number of hydrogen-bond donors (Lipinski definition) is 0. The van der Waals surface area contributed by atoms with E-state index < -0.39 is 26.5 Å². The Balaban J connectivity index is 3.98. The molecule has 9 nitrogen and oxygen atoms in total. The predicted octanol–water partition coefficient (Wildman–Crippen LogP) is 16.4. The zero-order valence-corrected chi connectivity index (χ0v) is 45.1. The summed E-state index contributed by atoms with van der Waals surface area (Å²) in [6, 6.07) is 0. The minimum Gasteiger partial charge on any atom is -0.756 e. The van der Waals surface area contributed by atoms with Crippen molar-refractivity contribution in [3.8, 4) is 0 Å². The Bertz CT molecular complexity index is 1170. The number of phosphoric ester groups is 1. The van der Waals surface area contributed by atoms with Crippen LogP contribution in [-0.4, -0.2) is 70.0 Å². The van der Waals surface area contributed by atoms with E-state index in [1.165, 1.54) is 180 Å². The molecule has 0 aromatic heterocycles. The van der Waals surface area contributed by atoms with Gasteiger partial charge in [0.05, 0.1) is 27.7 Å². The lowest BCUT2D eigenvalue weighted by Gasteiger charge is -2.28. The Morgan fingerprint density at radius 3 is 1.17 bits per heavy atom. The normalized spacial score (nSPS) is 13.5. The minimum atomic E-state index is -4.63. The summed E-state index contributed by atoms with van der Waals surface area (Å²) in [4.78, 5) is 37.7. The van der Waals surface area contributed by atoms with Crippen LogP contribution in [0.2, 0.25) is 0 Å². The highest BCUT2D eigenvalue weighted by Gasteiger charge is 2.21. The fraction of sp³-hybridized carbons (Fsp3) is 0.893. The Morgan fingerprint density at radius 2 is 0.788 bits per heavy atom. The van der Waals surface area contributed by atoms with Crippen LogP contribution in [0.25, 0.3) is 0 Å². The molecular formula is C56H108NO8P. The molecule has 0 aliphatic carbocycles. The van der Waals surface area contributed by atoms with Crippen molar-refractivity contribution >= 4 is 19.8 Å².